The monoisotopic (exact) mass is 252 g/mol. The van der Waals surface area contributed by atoms with Gasteiger partial charge in [0, 0.05) is 6.04 Å². The smallest absolute Gasteiger partial charge is 0.213 e. The largest absolute Gasteiger partial charge is 0.324 e. The van der Waals surface area contributed by atoms with Crippen molar-refractivity contribution >= 4 is 11.8 Å². The van der Waals surface area contributed by atoms with E-state index in [0.717, 1.165) is 5.56 Å². The van der Waals surface area contributed by atoms with E-state index in [1.807, 2.05) is 13.0 Å². The third-order valence-corrected chi connectivity index (χ3v) is 3.18. The third-order valence-electron chi connectivity index (χ3n) is 2.26. The topological polar surface area (TPSA) is 67.6 Å². The second kappa shape index (κ2) is 4.85. The molecular formula is C11H13FN4S. The van der Waals surface area contributed by atoms with E-state index in [1.165, 1.54) is 17.8 Å². The van der Waals surface area contributed by atoms with Crippen molar-refractivity contribution in [3.63, 3.8) is 0 Å². The van der Waals surface area contributed by atoms with Crippen LogP contribution in [0.25, 0.3) is 0 Å². The second-order valence-electron chi connectivity index (χ2n) is 3.78. The number of hydrogen-bond donors (Lipinski definition) is 2. The van der Waals surface area contributed by atoms with Gasteiger partial charge < -0.3 is 5.73 Å². The Hall–Kier alpha value is -1.40. The van der Waals surface area contributed by atoms with Crippen LogP contribution in [0.2, 0.25) is 0 Å². The van der Waals surface area contributed by atoms with Crippen molar-refractivity contribution < 1.29 is 4.39 Å². The molecule has 0 unspecified atom stereocenters. The number of aryl methyl sites for hydroxylation is 1. The summed E-state index contributed by atoms with van der Waals surface area (Å²) in [6.07, 6.45) is 0. The first-order chi connectivity index (χ1) is 8.06. The lowest BCUT2D eigenvalue weighted by Crippen LogP contribution is -2.05. The average Bonchev–Trinajstić information content (AvgIpc) is 2.67. The highest BCUT2D eigenvalue weighted by Gasteiger charge is 2.10. The second-order valence-corrected chi connectivity index (χ2v) is 4.79. The Morgan fingerprint density at radius 2 is 2.24 bits per heavy atom. The first-order valence-electron chi connectivity index (χ1n) is 5.18. The molecule has 90 valence electrons. The first kappa shape index (κ1) is 12.1. The van der Waals surface area contributed by atoms with Crippen molar-refractivity contribution in [2.75, 3.05) is 0 Å². The Bertz CT molecular complexity index is 524. The van der Waals surface area contributed by atoms with Crippen LogP contribution < -0.4 is 5.73 Å². The maximum absolute atomic E-state index is 13.8. The molecular weight excluding hydrogens is 239 g/mol. The molecule has 0 fully saturated rings. The van der Waals surface area contributed by atoms with Gasteiger partial charge in [-0.2, -0.15) is 0 Å². The van der Waals surface area contributed by atoms with Gasteiger partial charge in [0.2, 0.25) is 5.16 Å². The molecule has 1 atom stereocenters. The minimum Gasteiger partial charge on any atom is -0.324 e. The number of halogens is 1. The van der Waals surface area contributed by atoms with Gasteiger partial charge in [-0.1, -0.05) is 6.07 Å². The number of rotatable bonds is 3. The van der Waals surface area contributed by atoms with Gasteiger partial charge in [-0.25, -0.2) is 9.37 Å². The van der Waals surface area contributed by atoms with Crippen LogP contribution in [0, 0.1) is 12.7 Å². The summed E-state index contributed by atoms with van der Waals surface area (Å²) < 4.78 is 13.8. The number of nitrogens with two attached hydrogens (primary N) is 1. The molecule has 0 aliphatic carbocycles. The van der Waals surface area contributed by atoms with E-state index in [-0.39, 0.29) is 11.9 Å². The van der Waals surface area contributed by atoms with E-state index in [2.05, 4.69) is 15.2 Å². The van der Waals surface area contributed by atoms with Crippen LogP contribution in [-0.2, 0) is 0 Å². The molecule has 0 saturated heterocycles. The molecule has 0 amide bonds. The van der Waals surface area contributed by atoms with Crippen LogP contribution in [0.4, 0.5) is 4.39 Å². The highest BCUT2D eigenvalue weighted by molar-refractivity contribution is 7.99. The first-order valence-corrected chi connectivity index (χ1v) is 6.00. The minimum atomic E-state index is -0.299. The molecule has 3 N–H and O–H groups in total. The van der Waals surface area contributed by atoms with Gasteiger partial charge >= 0.3 is 0 Å². The molecule has 0 saturated carbocycles. The van der Waals surface area contributed by atoms with Crippen LogP contribution in [0.1, 0.15) is 24.4 Å². The van der Waals surface area contributed by atoms with E-state index in [9.17, 15) is 4.39 Å². The fraction of sp³-hybridized carbons (Fsp3) is 0.273. The van der Waals surface area contributed by atoms with Crippen LogP contribution in [-0.4, -0.2) is 15.2 Å². The van der Waals surface area contributed by atoms with Gasteiger partial charge in [0.15, 0.2) is 0 Å². The number of nitrogens with one attached hydrogen (secondary N) is 1. The number of nitrogens with zero attached hydrogens (tertiary/aromatic N) is 2. The van der Waals surface area contributed by atoms with E-state index in [1.54, 1.807) is 13.0 Å². The summed E-state index contributed by atoms with van der Waals surface area (Å²) in [5.41, 5.74) is 6.46. The zero-order valence-corrected chi connectivity index (χ0v) is 10.4. The summed E-state index contributed by atoms with van der Waals surface area (Å²) >= 11 is 1.19. The minimum absolute atomic E-state index is 0.172. The zero-order valence-electron chi connectivity index (χ0n) is 9.57. The van der Waals surface area contributed by atoms with Crippen LogP contribution in [0.15, 0.2) is 28.3 Å². The van der Waals surface area contributed by atoms with Crippen molar-refractivity contribution in [1.29, 1.82) is 0 Å². The summed E-state index contributed by atoms with van der Waals surface area (Å²) in [7, 11) is 0. The molecule has 1 aromatic carbocycles. The number of aromatic amines is 1. The lowest BCUT2D eigenvalue weighted by Gasteiger charge is -2.07. The van der Waals surface area contributed by atoms with Gasteiger partial charge in [0.1, 0.15) is 11.6 Å². The molecule has 4 nitrogen and oxygen atoms in total. The van der Waals surface area contributed by atoms with Crippen molar-refractivity contribution in [3.8, 4) is 0 Å². The molecule has 0 bridgehead atoms. The van der Waals surface area contributed by atoms with Gasteiger partial charge in [-0.3, -0.25) is 5.10 Å². The predicted octanol–water partition coefficient (Wildman–Crippen LogP) is 2.42. The molecule has 17 heavy (non-hydrogen) atoms. The summed E-state index contributed by atoms with van der Waals surface area (Å²) in [4.78, 5) is 4.60. The maximum atomic E-state index is 13.8. The lowest BCUT2D eigenvalue weighted by molar-refractivity contribution is 0.596. The summed E-state index contributed by atoms with van der Waals surface area (Å²) in [6, 6.07) is 4.79. The average molecular weight is 252 g/mol. The summed E-state index contributed by atoms with van der Waals surface area (Å²) in [5, 5.41) is 7.17. The standard InChI is InChI=1S/C11H13FN4S/c1-6(13)8-3-4-10(9(12)5-8)17-11-14-7(2)15-16-11/h3-6H,13H2,1-2H3,(H,14,15,16)/t6-/m1/s1. The number of H-pyrrole nitrogens is 1. The zero-order chi connectivity index (χ0) is 12.4. The van der Waals surface area contributed by atoms with Gasteiger partial charge in [-0.15, -0.1) is 5.10 Å². The Balaban J connectivity index is 2.22. The van der Waals surface area contributed by atoms with E-state index >= 15 is 0 Å². The van der Waals surface area contributed by atoms with Gasteiger partial charge in [-0.05, 0) is 43.3 Å². The van der Waals surface area contributed by atoms with Crippen molar-refractivity contribution in [3.05, 3.63) is 35.4 Å². The van der Waals surface area contributed by atoms with Crippen LogP contribution in [0.5, 0.6) is 0 Å². The van der Waals surface area contributed by atoms with Gasteiger partial charge in [0.25, 0.3) is 0 Å². The molecule has 0 aliphatic rings. The third kappa shape index (κ3) is 2.83. The lowest BCUT2D eigenvalue weighted by atomic mass is 10.1. The molecule has 1 aromatic heterocycles. The quantitative estimate of drug-likeness (QED) is 0.880. The van der Waals surface area contributed by atoms with Crippen LogP contribution >= 0.6 is 11.8 Å². The van der Waals surface area contributed by atoms with E-state index in [4.69, 9.17) is 5.73 Å². The molecule has 2 aromatic rings. The van der Waals surface area contributed by atoms with Crippen LogP contribution in [0.3, 0.4) is 0 Å². The fourth-order valence-electron chi connectivity index (χ4n) is 1.35. The summed E-state index contributed by atoms with van der Waals surface area (Å²) in [6.45, 7) is 3.62. The predicted molar refractivity (Wildman–Crippen MR) is 64.2 cm³/mol. The number of hydrogen-bond acceptors (Lipinski definition) is 4. The maximum Gasteiger partial charge on any atom is 0.213 e. The van der Waals surface area contributed by atoms with E-state index in [0.29, 0.717) is 15.9 Å². The molecule has 0 radical (unpaired) electrons. The van der Waals surface area contributed by atoms with E-state index < -0.39 is 0 Å². The fourth-order valence-corrected chi connectivity index (χ4v) is 2.11. The Morgan fingerprint density at radius 3 is 2.76 bits per heavy atom. The molecule has 6 heteroatoms. The molecule has 2 rings (SSSR count). The van der Waals surface area contributed by atoms with Gasteiger partial charge in [0.05, 0.1) is 4.90 Å². The summed E-state index contributed by atoms with van der Waals surface area (Å²) in [5.74, 6) is 0.410. The Labute approximate surface area is 103 Å². The van der Waals surface area contributed by atoms with Crippen molar-refractivity contribution in [1.82, 2.24) is 15.2 Å². The number of aromatic nitrogens is 3. The number of benzene rings is 1. The Morgan fingerprint density at radius 1 is 1.47 bits per heavy atom. The highest BCUT2D eigenvalue weighted by Crippen LogP contribution is 2.28. The normalized spacial score (nSPS) is 12.7. The highest BCUT2D eigenvalue weighted by atomic mass is 32.2. The van der Waals surface area contributed by atoms with Crippen molar-refractivity contribution in [2.45, 2.75) is 29.9 Å². The molecule has 0 aliphatic heterocycles. The molecule has 1 heterocycles. The molecule has 0 spiro atoms. The Kier molecular flexibility index (Phi) is 3.44. The van der Waals surface area contributed by atoms with Crippen molar-refractivity contribution in [2.24, 2.45) is 5.73 Å². The SMILES string of the molecule is Cc1nc(Sc2ccc([C@@H](C)N)cc2F)n[nH]1.